The van der Waals surface area contributed by atoms with Crippen molar-refractivity contribution in [1.82, 2.24) is 29.7 Å². The summed E-state index contributed by atoms with van der Waals surface area (Å²) >= 11 is 0. The maximum absolute atomic E-state index is 11.8. The smallest absolute Gasteiger partial charge is 0.182 e. The summed E-state index contributed by atoms with van der Waals surface area (Å²) in [6.07, 6.45) is 6.94. The van der Waals surface area contributed by atoms with E-state index in [2.05, 4.69) is 25.0 Å². The molecule has 0 aromatic carbocycles. The van der Waals surface area contributed by atoms with E-state index in [0.29, 0.717) is 23.4 Å². The van der Waals surface area contributed by atoms with E-state index in [4.69, 9.17) is 0 Å². The lowest BCUT2D eigenvalue weighted by Gasteiger charge is -2.12. The molecule has 1 aliphatic rings. The normalized spacial score (nSPS) is 14.8. The molecule has 1 aliphatic carbocycles. The van der Waals surface area contributed by atoms with Gasteiger partial charge in [-0.15, -0.1) is 0 Å². The van der Waals surface area contributed by atoms with Crippen LogP contribution in [0.4, 0.5) is 0 Å². The van der Waals surface area contributed by atoms with E-state index < -0.39 is 0 Å². The minimum Gasteiger partial charge on any atom is -0.340 e. The number of Topliss-reactive ketones (excluding diaryl/α,β-unsaturated/α-hetero) is 1. The molecule has 3 aromatic rings. The molecule has 19 heavy (non-hydrogen) atoms. The van der Waals surface area contributed by atoms with Crippen molar-refractivity contribution in [1.29, 1.82) is 0 Å². The third-order valence-corrected chi connectivity index (χ3v) is 3.39. The largest absolute Gasteiger partial charge is 0.340 e. The third kappa shape index (κ3) is 1.41. The summed E-state index contributed by atoms with van der Waals surface area (Å²) in [5.41, 5.74) is 2.95. The van der Waals surface area contributed by atoms with Crippen molar-refractivity contribution < 1.29 is 4.79 Å². The van der Waals surface area contributed by atoms with Crippen LogP contribution in [0, 0.1) is 0 Å². The van der Waals surface area contributed by atoms with Crippen LogP contribution < -0.4 is 0 Å². The van der Waals surface area contributed by atoms with Crippen LogP contribution in [-0.2, 0) is 6.42 Å². The van der Waals surface area contributed by atoms with E-state index in [1.165, 1.54) is 6.33 Å². The first-order chi connectivity index (χ1) is 9.34. The minimum atomic E-state index is 0.155. The molecule has 3 heterocycles. The topological polar surface area (TPSA) is 89.3 Å². The van der Waals surface area contributed by atoms with E-state index in [-0.39, 0.29) is 5.78 Å². The molecule has 0 radical (unpaired) electrons. The molecule has 0 bridgehead atoms. The van der Waals surface area contributed by atoms with Crippen LogP contribution in [0.25, 0.3) is 17.0 Å². The number of nitrogens with zero attached hydrogens (tertiary/aromatic N) is 5. The third-order valence-electron chi connectivity index (χ3n) is 3.39. The molecule has 0 unspecified atom stereocenters. The summed E-state index contributed by atoms with van der Waals surface area (Å²) < 4.78 is 1.72. The minimum absolute atomic E-state index is 0.155. The number of nitrogens with one attached hydrogen (secondary N) is 1. The molecule has 94 valence electrons. The Morgan fingerprint density at radius 2 is 2.16 bits per heavy atom. The summed E-state index contributed by atoms with van der Waals surface area (Å²) in [6.45, 7) is 0. The van der Waals surface area contributed by atoms with Crippen molar-refractivity contribution in [3.8, 4) is 5.82 Å². The van der Waals surface area contributed by atoms with Gasteiger partial charge in [-0.25, -0.2) is 19.6 Å². The lowest BCUT2D eigenvalue weighted by Crippen LogP contribution is -2.13. The number of ketones is 1. The maximum Gasteiger partial charge on any atom is 0.182 e. The van der Waals surface area contributed by atoms with Gasteiger partial charge in [-0.2, -0.15) is 5.10 Å². The van der Waals surface area contributed by atoms with Crippen LogP contribution in [0.5, 0.6) is 0 Å². The number of rotatable bonds is 1. The number of hydrogen-bond acceptors (Lipinski definition) is 5. The molecule has 7 heteroatoms. The Labute approximate surface area is 107 Å². The van der Waals surface area contributed by atoms with E-state index in [1.807, 2.05) is 0 Å². The summed E-state index contributed by atoms with van der Waals surface area (Å²) in [5.74, 6) is 0.792. The molecule has 0 amide bonds. The fourth-order valence-corrected chi connectivity index (χ4v) is 2.49. The highest BCUT2D eigenvalue weighted by Gasteiger charge is 2.23. The summed E-state index contributed by atoms with van der Waals surface area (Å²) in [6, 6.07) is 0. The molecule has 4 rings (SSSR count). The van der Waals surface area contributed by atoms with E-state index >= 15 is 0 Å². The van der Waals surface area contributed by atoms with Crippen LogP contribution in [0.3, 0.4) is 0 Å². The highest BCUT2D eigenvalue weighted by molar-refractivity contribution is 5.98. The van der Waals surface area contributed by atoms with Gasteiger partial charge in [0.2, 0.25) is 0 Å². The van der Waals surface area contributed by atoms with Gasteiger partial charge >= 0.3 is 0 Å². The highest BCUT2D eigenvalue weighted by atomic mass is 16.1. The number of fused-ring (bicyclic) bond motifs is 2. The average molecular weight is 254 g/mol. The average Bonchev–Trinajstić information content (AvgIpc) is 3.05. The van der Waals surface area contributed by atoms with Gasteiger partial charge in [0.25, 0.3) is 0 Å². The fraction of sp³-hybridized carbons (Fsp3) is 0.250. The van der Waals surface area contributed by atoms with E-state index in [0.717, 1.165) is 24.1 Å². The highest BCUT2D eigenvalue weighted by Crippen LogP contribution is 2.24. The molecule has 0 saturated heterocycles. The van der Waals surface area contributed by atoms with Crippen molar-refractivity contribution in [2.75, 3.05) is 0 Å². The van der Waals surface area contributed by atoms with Crippen LogP contribution in [0.15, 0.2) is 18.9 Å². The fourth-order valence-electron chi connectivity index (χ4n) is 2.49. The Morgan fingerprint density at radius 3 is 3.11 bits per heavy atom. The molecule has 3 aromatic heterocycles. The SMILES string of the molecule is O=C1CCCc2c1cnn2-c1ncnc2nc[nH]c12. The first-order valence-corrected chi connectivity index (χ1v) is 6.09. The van der Waals surface area contributed by atoms with Crippen molar-refractivity contribution in [3.05, 3.63) is 30.1 Å². The number of aromatic amines is 1. The molecule has 0 saturated carbocycles. The first kappa shape index (κ1) is 10.4. The zero-order valence-corrected chi connectivity index (χ0v) is 10.00. The summed E-state index contributed by atoms with van der Waals surface area (Å²) in [4.78, 5) is 27.3. The van der Waals surface area contributed by atoms with Gasteiger partial charge in [0.1, 0.15) is 11.8 Å². The Hall–Kier alpha value is -2.57. The van der Waals surface area contributed by atoms with Crippen molar-refractivity contribution in [2.24, 2.45) is 0 Å². The Morgan fingerprint density at radius 1 is 1.21 bits per heavy atom. The lowest BCUT2D eigenvalue weighted by atomic mass is 9.97. The Bertz CT molecular complexity index is 786. The van der Waals surface area contributed by atoms with Crippen LogP contribution in [-0.4, -0.2) is 35.5 Å². The lowest BCUT2D eigenvalue weighted by molar-refractivity contribution is 0.0972. The second kappa shape index (κ2) is 3.71. The number of H-pyrrole nitrogens is 1. The van der Waals surface area contributed by atoms with Crippen molar-refractivity contribution in [3.63, 3.8) is 0 Å². The number of aromatic nitrogens is 6. The molecular weight excluding hydrogens is 244 g/mol. The van der Waals surface area contributed by atoms with E-state index in [1.54, 1.807) is 17.2 Å². The van der Waals surface area contributed by atoms with E-state index in [9.17, 15) is 4.79 Å². The van der Waals surface area contributed by atoms with Crippen LogP contribution in [0.2, 0.25) is 0 Å². The maximum atomic E-state index is 11.8. The van der Waals surface area contributed by atoms with Gasteiger partial charge in [-0.1, -0.05) is 0 Å². The van der Waals surface area contributed by atoms with Gasteiger partial charge in [0, 0.05) is 6.42 Å². The monoisotopic (exact) mass is 254 g/mol. The predicted molar refractivity (Wildman–Crippen MR) is 66.1 cm³/mol. The molecule has 0 aliphatic heterocycles. The zero-order valence-electron chi connectivity index (χ0n) is 10.00. The number of imidazole rings is 1. The number of carbonyl (C=O) groups excluding carboxylic acids is 1. The van der Waals surface area contributed by atoms with Gasteiger partial charge in [0.15, 0.2) is 17.2 Å². The Kier molecular flexibility index (Phi) is 2.02. The summed E-state index contributed by atoms with van der Waals surface area (Å²) in [5, 5.41) is 4.31. The number of carbonyl (C=O) groups is 1. The first-order valence-electron chi connectivity index (χ1n) is 6.09. The van der Waals surface area contributed by atoms with Gasteiger partial charge in [-0.05, 0) is 12.8 Å². The van der Waals surface area contributed by atoms with Crippen molar-refractivity contribution >= 4 is 16.9 Å². The van der Waals surface area contributed by atoms with Crippen LogP contribution in [0.1, 0.15) is 28.9 Å². The molecular formula is C12H10N6O. The molecule has 7 nitrogen and oxygen atoms in total. The molecule has 1 N–H and O–H groups in total. The van der Waals surface area contributed by atoms with Gasteiger partial charge in [0.05, 0.1) is 23.8 Å². The van der Waals surface area contributed by atoms with Crippen molar-refractivity contribution in [2.45, 2.75) is 19.3 Å². The quantitative estimate of drug-likeness (QED) is 0.701. The Balaban J connectivity index is 1.98. The van der Waals surface area contributed by atoms with Gasteiger partial charge in [-0.3, -0.25) is 4.79 Å². The molecule has 0 spiro atoms. The van der Waals surface area contributed by atoms with Gasteiger partial charge < -0.3 is 4.98 Å². The molecule has 0 fully saturated rings. The zero-order chi connectivity index (χ0) is 12.8. The summed E-state index contributed by atoms with van der Waals surface area (Å²) in [7, 11) is 0. The second-order valence-corrected chi connectivity index (χ2v) is 4.49. The predicted octanol–water partition coefficient (Wildman–Crippen LogP) is 1.06. The number of hydrogen-bond donors (Lipinski definition) is 1. The molecule has 0 atom stereocenters. The second-order valence-electron chi connectivity index (χ2n) is 4.49. The van der Waals surface area contributed by atoms with Crippen LogP contribution >= 0.6 is 0 Å². The standard InChI is InChI=1S/C12H10N6O/c19-9-3-1-2-8-7(9)4-17-18(8)12-10-11(14-5-13-10)15-6-16-12/h4-6H,1-3H2,(H,13,14,15,16).